The van der Waals surface area contributed by atoms with Crippen LogP contribution in [0.4, 0.5) is 15.9 Å². The van der Waals surface area contributed by atoms with Crippen molar-refractivity contribution >= 4 is 11.5 Å². The van der Waals surface area contributed by atoms with Crippen molar-refractivity contribution in [1.82, 2.24) is 9.97 Å². The van der Waals surface area contributed by atoms with Gasteiger partial charge in [0.1, 0.15) is 12.1 Å². The van der Waals surface area contributed by atoms with Gasteiger partial charge in [-0.05, 0) is 25.1 Å². The van der Waals surface area contributed by atoms with Gasteiger partial charge >= 0.3 is 0 Å². The second-order valence-corrected chi connectivity index (χ2v) is 4.05. The molecule has 3 N–H and O–H groups in total. The van der Waals surface area contributed by atoms with E-state index < -0.39 is 5.82 Å². The van der Waals surface area contributed by atoms with E-state index in [4.69, 9.17) is 10.5 Å². The monoisotopic (exact) mass is 262 g/mol. The molecule has 0 saturated heterocycles. The highest BCUT2D eigenvalue weighted by atomic mass is 19.1. The van der Waals surface area contributed by atoms with Crippen molar-refractivity contribution in [3.8, 4) is 5.75 Å². The summed E-state index contributed by atoms with van der Waals surface area (Å²) in [5.74, 6) is 0.398. The lowest BCUT2D eigenvalue weighted by atomic mass is 10.1. The van der Waals surface area contributed by atoms with Crippen LogP contribution in [0.2, 0.25) is 0 Å². The number of nitrogens with one attached hydrogen (secondary N) is 1. The zero-order valence-corrected chi connectivity index (χ0v) is 10.8. The van der Waals surface area contributed by atoms with Gasteiger partial charge in [0, 0.05) is 17.8 Å². The van der Waals surface area contributed by atoms with Crippen molar-refractivity contribution in [2.75, 3.05) is 18.2 Å². The number of nitrogen functional groups attached to an aromatic ring is 1. The molecule has 1 heterocycles. The van der Waals surface area contributed by atoms with Gasteiger partial charge in [0.2, 0.25) is 0 Å². The molecule has 0 atom stereocenters. The number of hydrogen-bond acceptors (Lipinski definition) is 5. The minimum atomic E-state index is -0.453. The van der Waals surface area contributed by atoms with Crippen LogP contribution in [-0.2, 0) is 6.54 Å². The standard InChI is InChI=1S/C13H15FN4O/c1-8-12(14)13(18-7-17-8)16-6-9-5-10(15)3-4-11(9)19-2/h3-5,7H,6,15H2,1-2H3,(H,16,17,18). The van der Waals surface area contributed by atoms with E-state index in [1.807, 2.05) is 0 Å². The lowest BCUT2D eigenvalue weighted by molar-refractivity contribution is 0.410. The van der Waals surface area contributed by atoms with E-state index in [0.717, 1.165) is 5.56 Å². The van der Waals surface area contributed by atoms with Gasteiger partial charge < -0.3 is 15.8 Å². The first-order valence-corrected chi connectivity index (χ1v) is 5.75. The smallest absolute Gasteiger partial charge is 0.186 e. The van der Waals surface area contributed by atoms with Gasteiger partial charge in [-0.3, -0.25) is 0 Å². The number of aromatic nitrogens is 2. The number of ether oxygens (including phenoxy) is 1. The Hall–Kier alpha value is -2.37. The number of halogens is 1. The predicted octanol–water partition coefficient (Wildman–Crippen LogP) is 2.13. The average Bonchev–Trinajstić information content (AvgIpc) is 2.40. The van der Waals surface area contributed by atoms with Gasteiger partial charge in [-0.2, -0.15) is 0 Å². The Morgan fingerprint density at radius 1 is 1.37 bits per heavy atom. The van der Waals surface area contributed by atoms with Crippen LogP contribution in [0.3, 0.4) is 0 Å². The number of benzene rings is 1. The molecular weight excluding hydrogens is 247 g/mol. The van der Waals surface area contributed by atoms with Gasteiger partial charge in [0.15, 0.2) is 11.6 Å². The van der Waals surface area contributed by atoms with Crippen LogP contribution < -0.4 is 15.8 Å². The van der Waals surface area contributed by atoms with Crippen LogP contribution in [0, 0.1) is 12.7 Å². The summed E-state index contributed by atoms with van der Waals surface area (Å²) < 4.78 is 18.9. The number of rotatable bonds is 4. The molecule has 2 rings (SSSR count). The number of nitrogens with two attached hydrogens (primary N) is 1. The lowest BCUT2D eigenvalue weighted by Crippen LogP contribution is -2.07. The highest BCUT2D eigenvalue weighted by Crippen LogP contribution is 2.22. The van der Waals surface area contributed by atoms with Gasteiger partial charge in [0.05, 0.1) is 12.8 Å². The van der Waals surface area contributed by atoms with Crippen LogP contribution >= 0.6 is 0 Å². The average molecular weight is 262 g/mol. The molecule has 1 aromatic carbocycles. The molecule has 19 heavy (non-hydrogen) atoms. The van der Waals surface area contributed by atoms with Gasteiger partial charge in [-0.25, -0.2) is 14.4 Å². The predicted molar refractivity (Wildman–Crippen MR) is 71.5 cm³/mol. The van der Waals surface area contributed by atoms with Crippen LogP contribution in [-0.4, -0.2) is 17.1 Å². The Morgan fingerprint density at radius 2 is 2.16 bits per heavy atom. The van der Waals surface area contributed by atoms with Gasteiger partial charge in [0.25, 0.3) is 0 Å². The van der Waals surface area contributed by atoms with E-state index in [1.54, 1.807) is 32.2 Å². The molecule has 0 unspecified atom stereocenters. The number of anilines is 2. The third-order valence-electron chi connectivity index (χ3n) is 2.71. The zero-order chi connectivity index (χ0) is 13.8. The molecule has 0 aliphatic carbocycles. The zero-order valence-electron chi connectivity index (χ0n) is 10.8. The Kier molecular flexibility index (Phi) is 3.79. The molecule has 2 aromatic rings. The largest absolute Gasteiger partial charge is 0.496 e. The van der Waals surface area contributed by atoms with Crippen LogP contribution in [0.1, 0.15) is 11.3 Å². The SMILES string of the molecule is COc1ccc(N)cc1CNc1ncnc(C)c1F. The minimum absolute atomic E-state index is 0.164. The highest BCUT2D eigenvalue weighted by molar-refractivity contribution is 5.49. The van der Waals surface area contributed by atoms with E-state index >= 15 is 0 Å². The summed E-state index contributed by atoms with van der Waals surface area (Å²) >= 11 is 0. The lowest BCUT2D eigenvalue weighted by Gasteiger charge is -2.11. The van der Waals surface area contributed by atoms with Gasteiger partial charge in [-0.1, -0.05) is 0 Å². The van der Waals surface area contributed by atoms with E-state index in [-0.39, 0.29) is 5.82 Å². The maximum atomic E-state index is 13.7. The van der Waals surface area contributed by atoms with E-state index in [2.05, 4.69) is 15.3 Å². The van der Waals surface area contributed by atoms with Crippen molar-refractivity contribution < 1.29 is 9.13 Å². The Morgan fingerprint density at radius 3 is 2.89 bits per heavy atom. The first-order chi connectivity index (χ1) is 9.11. The Bertz CT molecular complexity index is 589. The third kappa shape index (κ3) is 2.90. The first kappa shape index (κ1) is 13.1. The minimum Gasteiger partial charge on any atom is -0.496 e. The number of nitrogens with zero attached hydrogens (tertiary/aromatic N) is 2. The van der Waals surface area contributed by atoms with Gasteiger partial charge in [-0.15, -0.1) is 0 Å². The summed E-state index contributed by atoms with van der Waals surface area (Å²) in [5.41, 5.74) is 7.48. The molecule has 0 spiro atoms. The fourth-order valence-electron chi connectivity index (χ4n) is 1.70. The highest BCUT2D eigenvalue weighted by Gasteiger charge is 2.09. The summed E-state index contributed by atoms with van der Waals surface area (Å²) in [6, 6.07) is 5.30. The number of aryl methyl sites for hydroxylation is 1. The molecule has 0 bridgehead atoms. The molecule has 0 amide bonds. The number of hydrogen-bond donors (Lipinski definition) is 2. The fraction of sp³-hybridized carbons (Fsp3) is 0.231. The Balaban J connectivity index is 2.18. The molecule has 0 saturated carbocycles. The second kappa shape index (κ2) is 5.51. The summed E-state index contributed by atoms with van der Waals surface area (Å²) in [5, 5.41) is 2.91. The van der Waals surface area contributed by atoms with Crippen molar-refractivity contribution in [3.05, 3.63) is 41.6 Å². The first-order valence-electron chi connectivity index (χ1n) is 5.75. The fourth-order valence-corrected chi connectivity index (χ4v) is 1.70. The van der Waals surface area contributed by atoms with Crippen LogP contribution in [0.25, 0.3) is 0 Å². The molecular formula is C13H15FN4O. The van der Waals surface area contributed by atoms with E-state index in [1.165, 1.54) is 6.33 Å². The van der Waals surface area contributed by atoms with Crippen molar-refractivity contribution in [1.29, 1.82) is 0 Å². The molecule has 1 aromatic heterocycles. The summed E-state index contributed by atoms with van der Waals surface area (Å²) in [4.78, 5) is 7.63. The van der Waals surface area contributed by atoms with E-state index in [9.17, 15) is 4.39 Å². The summed E-state index contributed by atoms with van der Waals surface area (Å²) in [6.07, 6.45) is 1.32. The molecule has 0 radical (unpaired) electrons. The second-order valence-electron chi connectivity index (χ2n) is 4.05. The molecule has 0 aliphatic heterocycles. The van der Waals surface area contributed by atoms with Crippen molar-refractivity contribution in [3.63, 3.8) is 0 Å². The molecule has 100 valence electrons. The molecule has 0 fully saturated rings. The summed E-state index contributed by atoms with van der Waals surface area (Å²) in [6.45, 7) is 1.95. The van der Waals surface area contributed by atoms with Crippen LogP contribution in [0.15, 0.2) is 24.5 Å². The molecule has 5 nitrogen and oxygen atoms in total. The Labute approximate surface area is 110 Å². The normalized spacial score (nSPS) is 10.3. The van der Waals surface area contributed by atoms with Crippen LogP contribution in [0.5, 0.6) is 5.75 Å². The maximum Gasteiger partial charge on any atom is 0.186 e. The maximum absolute atomic E-state index is 13.7. The molecule has 6 heteroatoms. The van der Waals surface area contributed by atoms with Crippen molar-refractivity contribution in [2.24, 2.45) is 0 Å². The number of methoxy groups -OCH3 is 1. The summed E-state index contributed by atoms with van der Waals surface area (Å²) in [7, 11) is 1.57. The molecule has 0 aliphatic rings. The van der Waals surface area contributed by atoms with E-state index in [0.29, 0.717) is 23.7 Å². The van der Waals surface area contributed by atoms with Crippen molar-refractivity contribution in [2.45, 2.75) is 13.5 Å². The quantitative estimate of drug-likeness (QED) is 0.826. The third-order valence-corrected chi connectivity index (χ3v) is 2.71. The topological polar surface area (TPSA) is 73.1 Å².